The standard InChI is InChI=1S/C13H16F3NO2/c1-2-9(18)7-8-17-12(19)10-5-3-4-6-11(10)13(14,15)16/h3-6,9,18H,2,7-8H2,1H3,(H,17,19). The van der Waals surface area contributed by atoms with E-state index in [9.17, 15) is 23.1 Å². The van der Waals surface area contributed by atoms with E-state index in [0.717, 1.165) is 12.1 Å². The number of rotatable bonds is 5. The minimum atomic E-state index is -4.56. The number of aliphatic hydroxyl groups excluding tert-OH is 1. The zero-order valence-corrected chi connectivity index (χ0v) is 10.5. The van der Waals surface area contributed by atoms with Gasteiger partial charge in [-0.2, -0.15) is 13.2 Å². The molecule has 0 aromatic heterocycles. The second-order valence-electron chi connectivity index (χ2n) is 4.15. The van der Waals surface area contributed by atoms with Gasteiger partial charge >= 0.3 is 6.18 Å². The molecule has 0 fully saturated rings. The first kappa shape index (κ1) is 15.5. The largest absolute Gasteiger partial charge is 0.417 e. The number of aliphatic hydroxyl groups is 1. The summed E-state index contributed by atoms with van der Waals surface area (Å²) in [4.78, 5) is 11.7. The Hall–Kier alpha value is -1.56. The number of carbonyl (C=O) groups excluding carboxylic acids is 1. The zero-order valence-electron chi connectivity index (χ0n) is 10.5. The molecule has 1 amide bonds. The van der Waals surface area contributed by atoms with Gasteiger partial charge in [-0.3, -0.25) is 4.79 Å². The molecule has 0 aliphatic rings. The molecule has 19 heavy (non-hydrogen) atoms. The number of nitrogens with one attached hydrogen (secondary N) is 1. The molecule has 1 rings (SSSR count). The lowest BCUT2D eigenvalue weighted by Crippen LogP contribution is -2.29. The highest BCUT2D eigenvalue weighted by molar-refractivity contribution is 5.95. The highest BCUT2D eigenvalue weighted by atomic mass is 19.4. The number of alkyl halides is 3. The summed E-state index contributed by atoms with van der Waals surface area (Å²) in [5.41, 5.74) is -1.36. The number of carbonyl (C=O) groups is 1. The number of halogens is 3. The summed E-state index contributed by atoms with van der Waals surface area (Å²) in [6, 6.07) is 4.62. The first-order chi connectivity index (χ1) is 8.86. The van der Waals surface area contributed by atoms with Crippen LogP contribution in [0.2, 0.25) is 0 Å². The van der Waals surface area contributed by atoms with E-state index in [1.807, 2.05) is 0 Å². The van der Waals surface area contributed by atoms with Crippen LogP contribution in [0, 0.1) is 0 Å². The smallest absolute Gasteiger partial charge is 0.393 e. The average molecular weight is 275 g/mol. The minimum absolute atomic E-state index is 0.139. The fourth-order valence-electron chi connectivity index (χ4n) is 1.58. The summed E-state index contributed by atoms with van der Waals surface area (Å²) >= 11 is 0. The van der Waals surface area contributed by atoms with Gasteiger partial charge in [-0.05, 0) is 25.0 Å². The van der Waals surface area contributed by atoms with Gasteiger partial charge in [0.2, 0.25) is 0 Å². The summed E-state index contributed by atoms with van der Waals surface area (Å²) in [7, 11) is 0. The van der Waals surface area contributed by atoms with Crippen molar-refractivity contribution < 1.29 is 23.1 Å². The van der Waals surface area contributed by atoms with Crippen LogP contribution in [0.25, 0.3) is 0 Å². The third-order valence-corrected chi connectivity index (χ3v) is 2.71. The molecule has 6 heteroatoms. The Bertz CT molecular complexity index is 432. The van der Waals surface area contributed by atoms with Crippen molar-refractivity contribution in [3.63, 3.8) is 0 Å². The molecule has 3 nitrogen and oxygen atoms in total. The second-order valence-corrected chi connectivity index (χ2v) is 4.15. The molecule has 0 heterocycles. The molecule has 2 N–H and O–H groups in total. The van der Waals surface area contributed by atoms with Gasteiger partial charge in [0.1, 0.15) is 0 Å². The van der Waals surface area contributed by atoms with Crippen molar-refractivity contribution in [2.24, 2.45) is 0 Å². The van der Waals surface area contributed by atoms with E-state index < -0.39 is 29.3 Å². The van der Waals surface area contributed by atoms with Crippen LogP contribution in [-0.2, 0) is 6.18 Å². The van der Waals surface area contributed by atoms with Crippen molar-refractivity contribution in [2.75, 3.05) is 6.54 Å². The van der Waals surface area contributed by atoms with Gasteiger partial charge in [0.05, 0.1) is 17.2 Å². The average Bonchev–Trinajstić information content (AvgIpc) is 2.37. The van der Waals surface area contributed by atoms with Crippen molar-refractivity contribution >= 4 is 5.91 Å². The molecule has 0 spiro atoms. The maximum absolute atomic E-state index is 12.7. The van der Waals surface area contributed by atoms with Gasteiger partial charge in [0.15, 0.2) is 0 Å². The Morgan fingerprint density at radius 1 is 1.37 bits per heavy atom. The SMILES string of the molecule is CCC(O)CCNC(=O)c1ccccc1C(F)(F)F. The van der Waals surface area contributed by atoms with E-state index in [1.165, 1.54) is 12.1 Å². The van der Waals surface area contributed by atoms with Crippen molar-refractivity contribution in [3.8, 4) is 0 Å². The molecule has 0 bridgehead atoms. The van der Waals surface area contributed by atoms with Gasteiger partial charge in [0, 0.05) is 6.54 Å². The fourth-order valence-corrected chi connectivity index (χ4v) is 1.58. The van der Waals surface area contributed by atoms with E-state index in [1.54, 1.807) is 6.92 Å². The Morgan fingerprint density at radius 2 is 2.00 bits per heavy atom. The van der Waals surface area contributed by atoms with E-state index in [4.69, 9.17) is 0 Å². The summed E-state index contributed by atoms with van der Waals surface area (Å²) in [6.07, 6.45) is -4.26. The van der Waals surface area contributed by atoms with E-state index >= 15 is 0 Å². The Labute approximate surface area is 109 Å². The molecule has 0 radical (unpaired) electrons. The lowest BCUT2D eigenvalue weighted by atomic mass is 10.1. The normalized spacial score (nSPS) is 13.1. The molecule has 1 unspecified atom stereocenters. The van der Waals surface area contributed by atoms with E-state index in [0.29, 0.717) is 12.8 Å². The quantitative estimate of drug-likeness (QED) is 0.867. The first-order valence-corrected chi connectivity index (χ1v) is 5.98. The molecule has 0 saturated carbocycles. The van der Waals surface area contributed by atoms with Gasteiger partial charge in [-0.25, -0.2) is 0 Å². The van der Waals surface area contributed by atoms with Crippen molar-refractivity contribution in [2.45, 2.75) is 32.0 Å². The minimum Gasteiger partial charge on any atom is -0.393 e. The highest BCUT2D eigenvalue weighted by Gasteiger charge is 2.34. The molecule has 0 aliphatic heterocycles. The summed E-state index contributed by atoms with van der Waals surface area (Å²) in [5.74, 6) is -0.781. The van der Waals surface area contributed by atoms with E-state index in [2.05, 4.69) is 5.32 Å². The first-order valence-electron chi connectivity index (χ1n) is 5.98. The van der Waals surface area contributed by atoms with Crippen molar-refractivity contribution in [3.05, 3.63) is 35.4 Å². The Kier molecular flexibility index (Phi) is 5.35. The van der Waals surface area contributed by atoms with Crippen molar-refractivity contribution in [1.82, 2.24) is 5.32 Å². The molecular weight excluding hydrogens is 259 g/mol. The number of benzene rings is 1. The Balaban J connectivity index is 2.72. The van der Waals surface area contributed by atoms with Gasteiger partial charge < -0.3 is 10.4 Å². The van der Waals surface area contributed by atoms with E-state index in [-0.39, 0.29) is 6.54 Å². The number of hydrogen-bond donors (Lipinski definition) is 2. The van der Waals surface area contributed by atoms with Crippen LogP contribution >= 0.6 is 0 Å². The molecule has 106 valence electrons. The highest BCUT2D eigenvalue weighted by Crippen LogP contribution is 2.31. The lowest BCUT2D eigenvalue weighted by molar-refractivity contribution is -0.137. The molecule has 1 atom stereocenters. The zero-order chi connectivity index (χ0) is 14.5. The fraction of sp³-hybridized carbons (Fsp3) is 0.462. The Morgan fingerprint density at radius 3 is 2.58 bits per heavy atom. The molecule has 0 aliphatic carbocycles. The van der Waals surface area contributed by atoms with Crippen molar-refractivity contribution in [1.29, 1.82) is 0 Å². The lowest BCUT2D eigenvalue weighted by Gasteiger charge is -2.13. The van der Waals surface area contributed by atoms with Gasteiger partial charge in [-0.1, -0.05) is 19.1 Å². The van der Waals surface area contributed by atoms with Crippen LogP contribution in [0.15, 0.2) is 24.3 Å². The van der Waals surface area contributed by atoms with Crippen LogP contribution in [-0.4, -0.2) is 23.7 Å². The summed E-state index contributed by atoms with van der Waals surface area (Å²) in [5, 5.41) is 11.7. The maximum atomic E-state index is 12.7. The van der Waals surface area contributed by atoms with Crippen LogP contribution in [0.5, 0.6) is 0 Å². The monoisotopic (exact) mass is 275 g/mol. The third-order valence-electron chi connectivity index (χ3n) is 2.71. The summed E-state index contributed by atoms with van der Waals surface area (Å²) in [6.45, 7) is 1.92. The topological polar surface area (TPSA) is 49.3 Å². The third kappa shape index (κ3) is 4.55. The molecule has 0 saturated heterocycles. The van der Waals surface area contributed by atoms with Crippen LogP contribution in [0.1, 0.15) is 35.7 Å². The number of amides is 1. The maximum Gasteiger partial charge on any atom is 0.417 e. The second kappa shape index (κ2) is 6.56. The molecule has 1 aromatic rings. The van der Waals surface area contributed by atoms with Crippen LogP contribution in [0.3, 0.4) is 0 Å². The predicted molar refractivity (Wildman–Crippen MR) is 64.7 cm³/mol. The summed E-state index contributed by atoms with van der Waals surface area (Å²) < 4.78 is 38.1. The van der Waals surface area contributed by atoms with Crippen LogP contribution in [0.4, 0.5) is 13.2 Å². The predicted octanol–water partition coefficient (Wildman–Crippen LogP) is 2.60. The van der Waals surface area contributed by atoms with Gasteiger partial charge in [-0.15, -0.1) is 0 Å². The van der Waals surface area contributed by atoms with Crippen LogP contribution < -0.4 is 5.32 Å². The van der Waals surface area contributed by atoms with Gasteiger partial charge in [0.25, 0.3) is 5.91 Å². The molecule has 1 aromatic carbocycles. The molecular formula is C13H16F3NO2. The number of hydrogen-bond acceptors (Lipinski definition) is 2.